The van der Waals surface area contributed by atoms with E-state index in [9.17, 15) is 33.8 Å². The van der Waals surface area contributed by atoms with Crippen LogP contribution in [0.3, 0.4) is 0 Å². The lowest BCUT2D eigenvalue weighted by molar-refractivity contribution is 0.0959. The first-order valence-corrected chi connectivity index (χ1v) is 12.3. The fourth-order valence-corrected chi connectivity index (χ4v) is 6.16. The van der Waals surface area contributed by atoms with Crippen LogP contribution < -0.4 is 0 Å². The van der Waals surface area contributed by atoms with Gasteiger partial charge in [0.15, 0.2) is 0 Å². The number of aliphatic imine (C=N–C) groups is 1. The maximum Gasteiger partial charge on any atom is 0.369 e. The predicted molar refractivity (Wildman–Crippen MR) is 105 cm³/mol. The molecule has 2 atom stereocenters. The molecule has 2 unspecified atom stereocenters. The number of nitrogens with zero attached hydrogens (tertiary/aromatic N) is 1. The van der Waals surface area contributed by atoms with Crippen LogP contribution in [0.1, 0.15) is 19.8 Å². The second-order valence-corrected chi connectivity index (χ2v) is 11.8. The van der Waals surface area contributed by atoms with Crippen molar-refractivity contribution >= 4 is 33.2 Å². The minimum absolute atomic E-state index is 0.333. The maximum absolute atomic E-state index is 11.7. The summed E-state index contributed by atoms with van der Waals surface area (Å²) < 4.78 is 23.5. The molecule has 11 heteroatoms. The van der Waals surface area contributed by atoms with Gasteiger partial charge in [-0.1, -0.05) is 24.3 Å². The second kappa shape index (κ2) is 8.31. The third-order valence-electron chi connectivity index (χ3n) is 4.63. The molecule has 0 saturated carbocycles. The van der Waals surface area contributed by atoms with Crippen LogP contribution in [-0.2, 0) is 9.13 Å². The first-order valence-electron chi connectivity index (χ1n) is 8.14. The summed E-state index contributed by atoms with van der Waals surface area (Å²) >= 11 is 1.50. The minimum Gasteiger partial charge on any atom is -0.368 e. The molecule has 150 valence electrons. The molecule has 0 aromatic heterocycles. The number of allylic oxidation sites excluding steroid dienone is 1. The zero-order valence-electron chi connectivity index (χ0n) is 14.6. The number of rotatable bonds is 9. The zero-order valence-corrected chi connectivity index (χ0v) is 17.2. The van der Waals surface area contributed by atoms with Crippen molar-refractivity contribution in [3.63, 3.8) is 0 Å². The standard InChI is InChI=1S/C16H23NO7P2S/c1-15(9-5-10-17-15)13(8-11-27-14-6-3-2-4-7-14)12-16(18,25(19,20)21)26(22,23)24/h2-7,9-10,13,18H,8,11-12H2,1H3,(H2,19,20,21)(H2,22,23,24). The van der Waals surface area contributed by atoms with E-state index < -0.39 is 38.2 Å². The molecule has 0 radical (unpaired) electrons. The van der Waals surface area contributed by atoms with Gasteiger partial charge >= 0.3 is 15.2 Å². The van der Waals surface area contributed by atoms with Crippen LogP contribution in [0.5, 0.6) is 0 Å². The number of benzene rings is 1. The summed E-state index contributed by atoms with van der Waals surface area (Å²) in [6.07, 6.45) is 4.43. The van der Waals surface area contributed by atoms with Gasteiger partial charge in [-0.05, 0) is 43.2 Å². The van der Waals surface area contributed by atoms with Crippen molar-refractivity contribution in [1.29, 1.82) is 0 Å². The Labute approximate surface area is 161 Å². The Kier molecular flexibility index (Phi) is 6.94. The molecule has 2 rings (SSSR count). The van der Waals surface area contributed by atoms with E-state index in [0.29, 0.717) is 12.2 Å². The Morgan fingerprint density at radius 2 is 1.74 bits per heavy atom. The van der Waals surface area contributed by atoms with Gasteiger partial charge < -0.3 is 24.7 Å². The number of thioether (sulfide) groups is 1. The predicted octanol–water partition coefficient (Wildman–Crippen LogP) is 2.58. The van der Waals surface area contributed by atoms with E-state index in [1.54, 1.807) is 19.1 Å². The highest BCUT2D eigenvalue weighted by atomic mass is 32.2. The summed E-state index contributed by atoms with van der Waals surface area (Å²) in [5.41, 5.74) is -0.921. The van der Waals surface area contributed by atoms with Crippen molar-refractivity contribution in [1.82, 2.24) is 0 Å². The summed E-state index contributed by atoms with van der Waals surface area (Å²) in [7, 11) is -11.0. The Bertz CT molecular complexity index is 768. The average Bonchev–Trinajstić information content (AvgIpc) is 3.00. The zero-order chi connectivity index (χ0) is 20.3. The van der Waals surface area contributed by atoms with Crippen molar-refractivity contribution in [2.45, 2.75) is 35.3 Å². The molecule has 0 spiro atoms. The van der Waals surface area contributed by atoms with Gasteiger partial charge in [0.25, 0.3) is 5.08 Å². The summed E-state index contributed by atoms with van der Waals surface area (Å²) in [5, 5.41) is 6.89. The molecule has 1 aliphatic rings. The molecule has 0 amide bonds. The lowest BCUT2D eigenvalue weighted by Gasteiger charge is -2.37. The average molecular weight is 435 g/mol. The highest BCUT2D eigenvalue weighted by molar-refractivity contribution is 7.99. The van der Waals surface area contributed by atoms with E-state index in [1.807, 2.05) is 30.3 Å². The molecule has 1 heterocycles. The molecule has 0 bridgehead atoms. The van der Waals surface area contributed by atoms with Gasteiger partial charge in [-0.3, -0.25) is 14.1 Å². The molecule has 0 fully saturated rings. The van der Waals surface area contributed by atoms with E-state index in [1.165, 1.54) is 18.0 Å². The van der Waals surface area contributed by atoms with Crippen LogP contribution in [0.4, 0.5) is 0 Å². The normalized spacial score (nSPS) is 21.6. The third-order valence-corrected chi connectivity index (χ3v) is 9.47. The van der Waals surface area contributed by atoms with E-state index in [2.05, 4.69) is 4.99 Å². The first-order chi connectivity index (χ1) is 12.4. The number of hydrogen-bond donors (Lipinski definition) is 5. The van der Waals surface area contributed by atoms with Crippen LogP contribution in [-0.4, -0.2) is 47.3 Å². The number of hydrogen-bond acceptors (Lipinski definition) is 5. The van der Waals surface area contributed by atoms with Crippen LogP contribution in [0.2, 0.25) is 0 Å². The molecular formula is C16H23NO7P2S. The summed E-state index contributed by atoms with van der Waals surface area (Å²) in [5.74, 6) is -0.180. The van der Waals surface area contributed by atoms with Gasteiger partial charge in [-0.2, -0.15) is 0 Å². The Hall–Kier alpha value is -0.760. The van der Waals surface area contributed by atoms with Gasteiger partial charge in [0, 0.05) is 17.5 Å². The first kappa shape index (κ1) is 22.5. The minimum atomic E-state index is -5.51. The lowest BCUT2D eigenvalue weighted by Crippen LogP contribution is -2.39. The highest BCUT2D eigenvalue weighted by Gasteiger charge is 2.61. The Morgan fingerprint density at radius 1 is 1.15 bits per heavy atom. The molecule has 0 aliphatic carbocycles. The highest BCUT2D eigenvalue weighted by Crippen LogP contribution is 2.70. The monoisotopic (exact) mass is 435 g/mol. The summed E-state index contributed by atoms with van der Waals surface area (Å²) in [6, 6.07) is 9.47. The van der Waals surface area contributed by atoms with E-state index >= 15 is 0 Å². The second-order valence-electron chi connectivity index (χ2n) is 6.58. The summed E-state index contributed by atoms with van der Waals surface area (Å²) in [4.78, 5) is 43.1. The van der Waals surface area contributed by atoms with Crippen molar-refractivity contribution < 1.29 is 33.8 Å². The fraction of sp³-hybridized carbons (Fsp3) is 0.438. The van der Waals surface area contributed by atoms with Gasteiger partial charge in [0.1, 0.15) is 0 Å². The third kappa shape index (κ3) is 5.19. The van der Waals surface area contributed by atoms with E-state index in [0.717, 1.165) is 4.90 Å². The van der Waals surface area contributed by atoms with E-state index in [-0.39, 0.29) is 0 Å². The van der Waals surface area contributed by atoms with Crippen molar-refractivity contribution in [2.24, 2.45) is 10.9 Å². The van der Waals surface area contributed by atoms with Crippen molar-refractivity contribution in [3.05, 3.63) is 42.5 Å². The Morgan fingerprint density at radius 3 is 2.22 bits per heavy atom. The van der Waals surface area contributed by atoms with E-state index in [4.69, 9.17) is 0 Å². The molecular weight excluding hydrogens is 412 g/mol. The van der Waals surface area contributed by atoms with Crippen LogP contribution in [0.25, 0.3) is 0 Å². The maximum atomic E-state index is 11.7. The van der Waals surface area contributed by atoms with Crippen LogP contribution in [0, 0.1) is 5.92 Å². The lowest BCUT2D eigenvalue weighted by atomic mass is 9.82. The number of aliphatic hydroxyl groups is 1. The van der Waals surface area contributed by atoms with Gasteiger partial charge in [-0.25, -0.2) is 0 Å². The molecule has 1 aliphatic heterocycles. The SMILES string of the molecule is CC1(C(CCSc2ccccc2)CC(O)(P(=O)(O)O)P(=O)(O)O)C=CC=N1. The van der Waals surface area contributed by atoms with Crippen LogP contribution >= 0.6 is 27.0 Å². The smallest absolute Gasteiger partial charge is 0.368 e. The fourth-order valence-electron chi connectivity index (χ4n) is 2.90. The summed E-state index contributed by atoms with van der Waals surface area (Å²) in [6.45, 7) is 1.70. The molecule has 27 heavy (non-hydrogen) atoms. The van der Waals surface area contributed by atoms with Crippen molar-refractivity contribution in [2.75, 3.05) is 5.75 Å². The van der Waals surface area contributed by atoms with Crippen molar-refractivity contribution in [3.8, 4) is 0 Å². The Balaban J connectivity index is 2.25. The van der Waals surface area contributed by atoms with Gasteiger partial charge in [0.2, 0.25) is 0 Å². The molecule has 8 nitrogen and oxygen atoms in total. The molecule has 1 aromatic rings. The molecule has 5 N–H and O–H groups in total. The topological polar surface area (TPSA) is 148 Å². The largest absolute Gasteiger partial charge is 0.369 e. The van der Waals surface area contributed by atoms with Gasteiger partial charge in [-0.15, -0.1) is 11.8 Å². The van der Waals surface area contributed by atoms with Crippen LogP contribution in [0.15, 0.2) is 52.4 Å². The van der Waals surface area contributed by atoms with Gasteiger partial charge in [0.05, 0.1) is 5.54 Å². The quantitative estimate of drug-likeness (QED) is 0.294. The molecule has 1 aromatic carbocycles. The molecule has 0 saturated heterocycles.